The van der Waals surface area contributed by atoms with Crippen LogP contribution in [0.4, 0.5) is 0 Å². The normalized spacial score (nSPS) is 10.6. The number of benzene rings is 1. The van der Waals surface area contributed by atoms with Crippen LogP contribution in [0.5, 0.6) is 0 Å². The third kappa shape index (κ3) is 4.14. The monoisotopic (exact) mass is 385 g/mol. The molecular formula is C22H19N5O2. The highest BCUT2D eigenvalue weighted by atomic mass is 16.2. The summed E-state index contributed by atoms with van der Waals surface area (Å²) in [7, 11) is 0. The fourth-order valence-corrected chi connectivity index (χ4v) is 2.99. The SMILES string of the molecule is O=C(NCc1ccccc1)c1nc(C(=O)NCc2ccncc2)n2ccccc12. The Morgan fingerprint density at radius 1 is 0.793 bits per heavy atom. The molecule has 4 rings (SSSR count). The predicted octanol–water partition coefficient (Wildman–Crippen LogP) is 2.59. The number of amides is 2. The van der Waals surface area contributed by atoms with E-state index in [1.807, 2.05) is 48.5 Å². The predicted molar refractivity (Wildman–Crippen MR) is 108 cm³/mol. The lowest BCUT2D eigenvalue weighted by atomic mass is 10.2. The number of hydrogen-bond donors (Lipinski definition) is 2. The third-order valence-corrected chi connectivity index (χ3v) is 4.46. The van der Waals surface area contributed by atoms with Crippen LogP contribution in [0.2, 0.25) is 0 Å². The summed E-state index contributed by atoms with van der Waals surface area (Å²) in [6, 6.07) is 18.6. The van der Waals surface area contributed by atoms with Gasteiger partial charge in [0.1, 0.15) is 0 Å². The van der Waals surface area contributed by atoms with Gasteiger partial charge in [0.15, 0.2) is 5.69 Å². The molecule has 2 amide bonds. The molecule has 3 heterocycles. The number of fused-ring (bicyclic) bond motifs is 1. The van der Waals surface area contributed by atoms with Gasteiger partial charge in [-0.1, -0.05) is 36.4 Å². The molecule has 0 unspecified atom stereocenters. The maximum Gasteiger partial charge on any atom is 0.287 e. The minimum atomic E-state index is -0.356. The largest absolute Gasteiger partial charge is 0.347 e. The van der Waals surface area contributed by atoms with E-state index in [0.29, 0.717) is 18.6 Å². The van der Waals surface area contributed by atoms with E-state index in [2.05, 4.69) is 20.6 Å². The first-order valence-corrected chi connectivity index (χ1v) is 9.18. The van der Waals surface area contributed by atoms with Crippen molar-refractivity contribution in [1.29, 1.82) is 0 Å². The Hall–Kier alpha value is -4.00. The summed E-state index contributed by atoms with van der Waals surface area (Å²) in [5, 5.41) is 5.70. The molecule has 0 bridgehead atoms. The van der Waals surface area contributed by atoms with Crippen molar-refractivity contribution in [3.05, 3.63) is 102 Å². The molecule has 29 heavy (non-hydrogen) atoms. The van der Waals surface area contributed by atoms with Crippen molar-refractivity contribution in [1.82, 2.24) is 25.0 Å². The summed E-state index contributed by atoms with van der Waals surface area (Å²) in [6.45, 7) is 0.730. The van der Waals surface area contributed by atoms with Crippen molar-refractivity contribution in [3.63, 3.8) is 0 Å². The van der Waals surface area contributed by atoms with Gasteiger partial charge in [-0.3, -0.25) is 19.0 Å². The number of nitrogens with one attached hydrogen (secondary N) is 2. The lowest BCUT2D eigenvalue weighted by molar-refractivity contribution is 0.0939. The lowest BCUT2D eigenvalue weighted by Crippen LogP contribution is -2.26. The van der Waals surface area contributed by atoms with Crippen LogP contribution in [0.1, 0.15) is 32.2 Å². The van der Waals surface area contributed by atoms with Crippen LogP contribution in [0.3, 0.4) is 0 Å². The Labute approximate surface area is 167 Å². The Bertz CT molecular complexity index is 1050. The molecule has 4 aromatic rings. The topological polar surface area (TPSA) is 88.4 Å². The average Bonchev–Trinajstić information content (AvgIpc) is 3.17. The van der Waals surface area contributed by atoms with Gasteiger partial charge in [0.25, 0.3) is 11.8 Å². The molecule has 0 aliphatic heterocycles. The zero-order chi connectivity index (χ0) is 20.1. The maximum absolute atomic E-state index is 12.7. The molecule has 0 saturated heterocycles. The molecule has 0 radical (unpaired) electrons. The zero-order valence-corrected chi connectivity index (χ0v) is 15.6. The molecule has 2 N–H and O–H groups in total. The zero-order valence-electron chi connectivity index (χ0n) is 15.6. The molecule has 7 nitrogen and oxygen atoms in total. The first-order chi connectivity index (χ1) is 14.2. The fourth-order valence-electron chi connectivity index (χ4n) is 2.99. The van der Waals surface area contributed by atoms with Gasteiger partial charge in [0, 0.05) is 31.7 Å². The van der Waals surface area contributed by atoms with E-state index >= 15 is 0 Å². The van der Waals surface area contributed by atoms with E-state index < -0.39 is 0 Å². The molecule has 0 saturated carbocycles. The number of carbonyl (C=O) groups is 2. The van der Waals surface area contributed by atoms with Gasteiger partial charge in [-0.25, -0.2) is 4.98 Å². The van der Waals surface area contributed by atoms with Crippen LogP contribution < -0.4 is 10.6 Å². The van der Waals surface area contributed by atoms with Crippen LogP contribution in [0.25, 0.3) is 5.52 Å². The highest BCUT2D eigenvalue weighted by Gasteiger charge is 2.21. The van der Waals surface area contributed by atoms with Crippen molar-refractivity contribution in [2.45, 2.75) is 13.1 Å². The standard InChI is InChI=1S/C22H19N5O2/c28-21(24-14-16-6-2-1-3-7-16)19-18-8-4-5-13-27(18)20(26-19)22(29)25-15-17-9-11-23-12-10-17/h1-13H,14-15H2,(H,24,28)(H,25,29). The van der Waals surface area contributed by atoms with Crippen LogP contribution in [0.15, 0.2) is 79.3 Å². The first-order valence-electron chi connectivity index (χ1n) is 9.18. The summed E-state index contributed by atoms with van der Waals surface area (Å²) in [5.74, 6) is -0.518. The molecule has 0 atom stereocenters. The van der Waals surface area contributed by atoms with Gasteiger partial charge < -0.3 is 10.6 Å². The summed E-state index contributed by atoms with van der Waals surface area (Å²) >= 11 is 0. The van der Waals surface area contributed by atoms with E-state index in [4.69, 9.17) is 0 Å². The van der Waals surface area contributed by atoms with E-state index in [9.17, 15) is 9.59 Å². The number of carbonyl (C=O) groups excluding carboxylic acids is 2. The van der Waals surface area contributed by atoms with Gasteiger partial charge in [0.2, 0.25) is 5.82 Å². The Balaban J connectivity index is 1.54. The second kappa shape index (κ2) is 8.35. The minimum absolute atomic E-state index is 0.166. The van der Waals surface area contributed by atoms with Gasteiger partial charge in [-0.15, -0.1) is 0 Å². The van der Waals surface area contributed by atoms with Crippen molar-refractivity contribution >= 4 is 17.3 Å². The van der Waals surface area contributed by atoms with Gasteiger partial charge in [-0.05, 0) is 35.4 Å². The van der Waals surface area contributed by atoms with Gasteiger partial charge in [0.05, 0.1) is 5.52 Å². The van der Waals surface area contributed by atoms with Crippen LogP contribution >= 0.6 is 0 Å². The maximum atomic E-state index is 12.7. The molecule has 7 heteroatoms. The lowest BCUT2D eigenvalue weighted by Gasteiger charge is -2.04. The minimum Gasteiger partial charge on any atom is -0.347 e. The molecular weight excluding hydrogens is 366 g/mol. The fraction of sp³-hybridized carbons (Fsp3) is 0.0909. The summed E-state index contributed by atoms with van der Waals surface area (Å²) in [5.41, 5.74) is 2.71. The second-order valence-corrected chi connectivity index (χ2v) is 6.45. The van der Waals surface area contributed by atoms with Crippen molar-refractivity contribution in [2.75, 3.05) is 0 Å². The molecule has 144 valence electrons. The highest BCUT2D eigenvalue weighted by Crippen LogP contribution is 2.14. The quantitative estimate of drug-likeness (QED) is 0.534. The summed E-state index contributed by atoms with van der Waals surface area (Å²) in [6.07, 6.45) is 5.06. The summed E-state index contributed by atoms with van der Waals surface area (Å²) < 4.78 is 1.62. The number of hydrogen-bond acceptors (Lipinski definition) is 4. The Morgan fingerprint density at radius 2 is 1.45 bits per heavy atom. The number of imidazole rings is 1. The molecule has 0 fully saturated rings. The average molecular weight is 385 g/mol. The number of aromatic nitrogens is 3. The Morgan fingerprint density at radius 3 is 2.21 bits per heavy atom. The van der Waals surface area contributed by atoms with Crippen molar-refractivity contribution in [3.8, 4) is 0 Å². The smallest absolute Gasteiger partial charge is 0.287 e. The molecule has 0 spiro atoms. The van der Waals surface area contributed by atoms with E-state index in [1.54, 1.807) is 35.1 Å². The van der Waals surface area contributed by atoms with Crippen LogP contribution in [0, 0.1) is 0 Å². The molecule has 0 aliphatic carbocycles. The summed E-state index contributed by atoms with van der Waals surface area (Å²) in [4.78, 5) is 33.7. The van der Waals surface area contributed by atoms with E-state index in [1.165, 1.54) is 0 Å². The molecule has 1 aromatic carbocycles. The highest BCUT2D eigenvalue weighted by molar-refractivity contribution is 6.02. The molecule has 3 aromatic heterocycles. The number of pyridine rings is 2. The Kier molecular flexibility index (Phi) is 5.29. The van der Waals surface area contributed by atoms with E-state index in [-0.39, 0.29) is 23.3 Å². The van der Waals surface area contributed by atoms with Crippen LogP contribution in [-0.2, 0) is 13.1 Å². The third-order valence-electron chi connectivity index (χ3n) is 4.46. The van der Waals surface area contributed by atoms with E-state index in [0.717, 1.165) is 11.1 Å². The number of nitrogens with zero attached hydrogens (tertiary/aromatic N) is 3. The number of rotatable bonds is 6. The van der Waals surface area contributed by atoms with Gasteiger partial charge in [-0.2, -0.15) is 0 Å². The van der Waals surface area contributed by atoms with Gasteiger partial charge >= 0.3 is 0 Å². The first kappa shape index (κ1) is 18.4. The van der Waals surface area contributed by atoms with Crippen molar-refractivity contribution in [2.24, 2.45) is 0 Å². The second-order valence-electron chi connectivity index (χ2n) is 6.45. The molecule has 0 aliphatic rings. The van der Waals surface area contributed by atoms with Crippen LogP contribution in [-0.4, -0.2) is 26.2 Å². The van der Waals surface area contributed by atoms with Crippen molar-refractivity contribution < 1.29 is 9.59 Å².